The summed E-state index contributed by atoms with van der Waals surface area (Å²) < 4.78 is 5.30. The van der Waals surface area contributed by atoms with E-state index in [9.17, 15) is 0 Å². The molecule has 2 rings (SSSR count). The van der Waals surface area contributed by atoms with E-state index in [1.807, 2.05) is 13.8 Å². The van der Waals surface area contributed by atoms with Crippen molar-refractivity contribution in [2.45, 2.75) is 38.6 Å². The molecule has 0 aliphatic carbocycles. The van der Waals surface area contributed by atoms with E-state index in [-0.39, 0.29) is 12.0 Å². The summed E-state index contributed by atoms with van der Waals surface area (Å²) in [5.74, 6) is 1.20. The van der Waals surface area contributed by atoms with Gasteiger partial charge in [-0.1, -0.05) is 41.3 Å². The quantitative estimate of drug-likeness (QED) is 0.911. The van der Waals surface area contributed by atoms with Gasteiger partial charge in [-0.2, -0.15) is 4.98 Å². The zero-order chi connectivity index (χ0) is 14.7. The molecule has 108 valence electrons. The molecule has 4 nitrogen and oxygen atoms in total. The van der Waals surface area contributed by atoms with Crippen LogP contribution >= 0.6 is 23.2 Å². The number of rotatable bonds is 5. The third-order valence-electron chi connectivity index (χ3n) is 3.27. The molecule has 0 radical (unpaired) electrons. The number of hydrogen-bond acceptors (Lipinski definition) is 4. The van der Waals surface area contributed by atoms with Crippen LogP contribution in [0.15, 0.2) is 22.7 Å². The van der Waals surface area contributed by atoms with Crippen LogP contribution in [0.25, 0.3) is 0 Å². The first-order valence-electron chi connectivity index (χ1n) is 6.53. The molecule has 0 fully saturated rings. The molecular weight excluding hydrogens is 297 g/mol. The van der Waals surface area contributed by atoms with Gasteiger partial charge in [0.1, 0.15) is 0 Å². The summed E-state index contributed by atoms with van der Waals surface area (Å²) in [5.41, 5.74) is 6.72. The summed E-state index contributed by atoms with van der Waals surface area (Å²) in [6.07, 6.45) is 1.30. The zero-order valence-electron chi connectivity index (χ0n) is 11.4. The lowest BCUT2D eigenvalue weighted by molar-refractivity contribution is 0.331. The van der Waals surface area contributed by atoms with Gasteiger partial charge < -0.3 is 10.3 Å². The molecule has 1 heterocycles. The van der Waals surface area contributed by atoms with Gasteiger partial charge in [-0.3, -0.25) is 0 Å². The Morgan fingerprint density at radius 3 is 2.50 bits per heavy atom. The minimum atomic E-state index is -0.0304. The maximum Gasteiger partial charge on any atom is 0.231 e. The van der Waals surface area contributed by atoms with E-state index in [1.165, 1.54) is 0 Å². The zero-order valence-corrected chi connectivity index (χ0v) is 12.9. The third kappa shape index (κ3) is 3.32. The fraction of sp³-hybridized carbons (Fsp3) is 0.429. The fourth-order valence-corrected chi connectivity index (χ4v) is 2.65. The maximum atomic E-state index is 6.14. The minimum absolute atomic E-state index is 0.0304. The second-order valence-corrected chi connectivity index (χ2v) is 5.61. The summed E-state index contributed by atoms with van der Waals surface area (Å²) in [6, 6.07) is 5.36. The van der Waals surface area contributed by atoms with Crippen LogP contribution in [0.1, 0.15) is 43.5 Å². The van der Waals surface area contributed by atoms with Crippen LogP contribution in [-0.4, -0.2) is 16.2 Å². The summed E-state index contributed by atoms with van der Waals surface area (Å²) >= 11 is 12.3. The Kier molecular flexibility index (Phi) is 5.02. The van der Waals surface area contributed by atoms with Gasteiger partial charge in [-0.15, -0.1) is 0 Å². The average Bonchev–Trinajstić information content (AvgIpc) is 2.83. The van der Waals surface area contributed by atoms with Gasteiger partial charge in [0.25, 0.3) is 0 Å². The van der Waals surface area contributed by atoms with Gasteiger partial charge in [0.05, 0.1) is 5.92 Å². The molecule has 2 aromatic rings. The molecule has 0 saturated heterocycles. The summed E-state index contributed by atoms with van der Waals surface area (Å²) in [7, 11) is 0. The van der Waals surface area contributed by atoms with Crippen LogP contribution in [0.2, 0.25) is 10.0 Å². The highest BCUT2D eigenvalue weighted by atomic mass is 35.5. The Hall–Kier alpha value is -1.10. The van der Waals surface area contributed by atoms with Crippen molar-refractivity contribution in [3.63, 3.8) is 0 Å². The van der Waals surface area contributed by atoms with Crippen LogP contribution in [0.4, 0.5) is 0 Å². The first kappa shape index (κ1) is 15.3. The van der Waals surface area contributed by atoms with Gasteiger partial charge in [0, 0.05) is 22.5 Å². The summed E-state index contributed by atoms with van der Waals surface area (Å²) in [6.45, 7) is 3.98. The van der Waals surface area contributed by atoms with E-state index in [0.29, 0.717) is 28.2 Å². The van der Waals surface area contributed by atoms with Gasteiger partial charge in [0.15, 0.2) is 5.82 Å². The average molecular weight is 314 g/mol. The molecular formula is C14H17Cl2N3O. The highest BCUT2D eigenvalue weighted by molar-refractivity contribution is 6.36. The first-order valence-corrected chi connectivity index (χ1v) is 7.29. The largest absolute Gasteiger partial charge is 0.339 e. The molecule has 2 N–H and O–H groups in total. The van der Waals surface area contributed by atoms with Gasteiger partial charge >= 0.3 is 0 Å². The fourth-order valence-electron chi connectivity index (χ4n) is 2.12. The van der Waals surface area contributed by atoms with E-state index in [0.717, 1.165) is 12.0 Å². The number of nitrogens with zero attached hydrogens (tertiary/aromatic N) is 2. The van der Waals surface area contributed by atoms with Crippen molar-refractivity contribution in [1.29, 1.82) is 0 Å². The Labute approximate surface area is 128 Å². The van der Waals surface area contributed by atoms with Gasteiger partial charge in [-0.25, -0.2) is 0 Å². The molecule has 1 aromatic heterocycles. The van der Waals surface area contributed by atoms with Gasteiger partial charge in [-0.05, 0) is 31.0 Å². The summed E-state index contributed by atoms with van der Waals surface area (Å²) in [4.78, 5) is 4.41. The lowest BCUT2D eigenvalue weighted by atomic mass is 9.99. The predicted octanol–water partition coefficient (Wildman–Crippen LogP) is 3.81. The van der Waals surface area contributed by atoms with Crippen molar-refractivity contribution in [2.24, 2.45) is 5.73 Å². The molecule has 20 heavy (non-hydrogen) atoms. The van der Waals surface area contributed by atoms with Crippen LogP contribution in [-0.2, 0) is 6.42 Å². The topological polar surface area (TPSA) is 64.9 Å². The molecule has 0 spiro atoms. The molecule has 0 aliphatic rings. The molecule has 1 aromatic carbocycles. The van der Waals surface area contributed by atoms with E-state index in [1.54, 1.807) is 18.2 Å². The Morgan fingerprint density at radius 1 is 1.30 bits per heavy atom. The molecule has 0 saturated carbocycles. The second kappa shape index (κ2) is 6.57. The molecule has 0 amide bonds. The SMILES string of the molecule is CCC(c1nc(Cc2c(Cl)cccc2Cl)no1)C(C)N. The smallest absolute Gasteiger partial charge is 0.231 e. The maximum absolute atomic E-state index is 6.14. The van der Waals surface area contributed by atoms with Crippen LogP contribution in [0.3, 0.4) is 0 Å². The molecule has 6 heteroatoms. The van der Waals surface area contributed by atoms with E-state index < -0.39 is 0 Å². The minimum Gasteiger partial charge on any atom is -0.339 e. The lowest BCUT2D eigenvalue weighted by Crippen LogP contribution is -2.24. The predicted molar refractivity (Wildman–Crippen MR) is 80.2 cm³/mol. The molecule has 0 bridgehead atoms. The standard InChI is InChI=1S/C14H17Cl2N3O/c1-3-9(8(2)17)14-18-13(19-20-14)7-10-11(15)5-4-6-12(10)16/h4-6,8-9H,3,7,17H2,1-2H3. The van der Waals surface area contributed by atoms with Crippen molar-refractivity contribution in [2.75, 3.05) is 0 Å². The number of hydrogen-bond donors (Lipinski definition) is 1. The highest BCUT2D eigenvalue weighted by Crippen LogP contribution is 2.27. The highest BCUT2D eigenvalue weighted by Gasteiger charge is 2.21. The number of aromatic nitrogens is 2. The first-order chi connectivity index (χ1) is 9.52. The van der Waals surface area contributed by atoms with Crippen molar-refractivity contribution >= 4 is 23.2 Å². The molecule has 2 atom stereocenters. The van der Waals surface area contributed by atoms with Crippen molar-refractivity contribution in [3.8, 4) is 0 Å². The third-order valence-corrected chi connectivity index (χ3v) is 3.98. The van der Waals surface area contributed by atoms with Crippen LogP contribution < -0.4 is 5.73 Å². The second-order valence-electron chi connectivity index (χ2n) is 4.80. The van der Waals surface area contributed by atoms with E-state index >= 15 is 0 Å². The summed E-state index contributed by atoms with van der Waals surface area (Å²) in [5, 5.41) is 5.19. The Balaban J connectivity index is 2.22. The van der Waals surface area contributed by atoms with E-state index in [2.05, 4.69) is 10.1 Å². The Bertz CT molecular complexity index is 563. The van der Waals surface area contributed by atoms with Crippen LogP contribution in [0.5, 0.6) is 0 Å². The normalized spacial score (nSPS) is 14.2. The van der Waals surface area contributed by atoms with Crippen molar-refractivity contribution < 1.29 is 4.52 Å². The van der Waals surface area contributed by atoms with Crippen LogP contribution in [0, 0.1) is 0 Å². The van der Waals surface area contributed by atoms with E-state index in [4.69, 9.17) is 33.5 Å². The molecule has 2 unspecified atom stereocenters. The number of benzene rings is 1. The Morgan fingerprint density at radius 2 is 1.95 bits per heavy atom. The number of nitrogens with two attached hydrogens (primary N) is 1. The van der Waals surface area contributed by atoms with Gasteiger partial charge in [0.2, 0.25) is 5.89 Å². The van der Waals surface area contributed by atoms with Crippen molar-refractivity contribution in [3.05, 3.63) is 45.5 Å². The number of halogens is 2. The monoisotopic (exact) mass is 313 g/mol. The molecule has 0 aliphatic heterocycles. The lowest BCUT2D eigenvalue weighted by Gasteiger charge is -2.13. The van der Waals surface area contributed by atoms with Crippen molar-refractivity contribution in [1.82, 2.24) is 10.1 Å².